The summed E-state index contributed by atoms with van der Waals surface area (Å²) in [5.74, 6) is 5.00. The first-order valence-electron chi connectivity index (χ1n) is 7.91. The van der Waals surface area contributed by atoms with Crippen LogP contribution in [0.2, 0.25) is 0 Å². The predicted octanol–water partition coefficient (Wildman–Crippen LogP) is 2.32. The zero-order chi connectivity index (χ0) is 19.2. The molecule has 0 aliphatic carbocycles. The lowest BCUT2D eigenvalue weighted by atomic mass is 10.1. The van der Waals surface area contributed by atoms with Crippen LogP contribution in [0, 0.1) is 11.8 Å². The number of carboxylic acid groups (broad SMARTS) is 1. The van der Waals surface area contributed by atoms with Crippen molar-refractivity contribution in [2.24, 2.45) is 0 Å². The van der Waals surface area contributed by atoms with Gasteiger partial charge in [-0.1, -0.05) is 24.8 Å². The first-order chi connectivity index (χ1) is 12.3. The van der Waals surface area contributed by atoms with E-state index >= 15 is 0 Å². The minimum Gasteiger partial charge on any atom is -0.481 e. The molecule has 6 nitrogen and oxygen atoms in total. The highest BCUT2D eigenvalue weighted by Gasteiger charge is 2.13. The Bertz CT molecular complexity index is 971. The molecule has 0 bridgehead atoms. The van der Waals surface area contributed by atoms with Gasteiger partial charge in [0.25, 0.3) is 0 Å². The van der Waals surface area contributed by atoms with Crippen LogP contribution in [-0.2, 0) is 14.6 Å². The molecular weight excluding hydrogens is 354 g/mol. The van der Waals surface area contributed by atoms with E-state index in [9.17, 15) is 13.2 Å². The average molecular weight is 373 g/mol. The number of aliphatic carboxylic acids is 1. The second-order valence-electron chi connectivity index (χ2n) is 5.53. The van der Waals surface area contributed by atoms with E-state index in [-0.39, 0.29) is 10.6 Å². The van der Waals surface area contributed by atoms with Crippen molar-refractivity contribution in [1.82, 2.24) is 0 Å². The molecule has 0 saturated heterocycles. The van der Waals surface area contributed by atoms with E-state index in [1.165, 1.54) is 12.1 Å². The molecule has 0 aliphatic rings. The van der Waals surface area contributed by atoms with Gasteiger partial charge in [-0.2, -0.15) is 0 Å². The second kappa shape index (κ2) is 8.41. The number of nitrogens with two attached hydrogens (primary N) is 1. The fraction of sp³-hybridized carbons (Fsp3) is 0.211. The van der Waals surface area contributed by atoms with Crippen LogP contribution in [0.1, 0.15) is 24.5 Å². The number of benzene rings is 2. The van der Waals surface area contributed by atoms with Crippen LogP contribution in [0.3, 0.4) is 0 Å². The summed E-state index contributed by atoms with van der Waals surface area (Å²) in [6.07, 6.45) is 0.534. The molecule has 2 aromatic rings. The third-order valence-electron chi connectivity index (χ3n) is 3.36. The maximum atomic E-state index is 12.2. The topological polar surface area (TPSA) is 107 Å². The van der Waals surface area contributed by atoms with Crippen molar-refractivity contribution in [2.75, 3.05) is 18.1 Å². The van der Waals surface area contributed by atoms with E-state index in [0.29, 0.717) is 29.0 Å². The highest BCUT2D eigenvalue weighted by Crippen LogP contribution is 2.21. The lowest BCUT2D eigenvalue weighted by molar-refractivity contribution is -0.139. The normalized spacial score (nSPS) is 10.7. The Morgan fingerprint density at radius 2 is 1.96 bits per heavy atom. The minimum atomic E-state index is -3.33. The molecule has 0 amide bonds. The summed E-state index contributed by atoms with van der Waals surface area (Å²) in [5, 5.41) is 8.74. The third-order valence-corrected chi connectivity index (χ3v) is 5.28. The number of rotatable bonds is 6. The molecule has 0 unspecified atom stereocenters. The van der Waals surface area contributed by atoms with Crippen molar-refractivity contribution in [2.45, 2.75) is 18.2 Å². The molecule has 0 atom stereocenters. The molecule has 0 aromatic heterocycles. The van der Waals surface area contributed by atoms with Gasteiger partial charge in [0.15, 0.2) is 16.4 Å². The van der Waals surface area contributed by atoms with Crippen molar-refractivity contribution in [3.63, 3.8) is 0 Å². The lowest BCUT2D eigenvalue weighted by Gasteiger charge is -2.06. The second-order valence-corrected chi connectivity index (χ2v) is 7.64. The number of sulfone groups is 1. The zero-order valence-corrected chi connectivity index (χ0v) is 15.0. The molecule has 0 saturated carbocycles. The van der Waals surface area contributed by atoms with Crippen molar-refractivity contribution >= 4 is 21.5 Å². The Kier molecular flexibility index (Phi) is 6.26. The standard InChI is InChI=1S/C19H19NO5S/c1-2-10-26(23,24)17-5-3-4-14(11-17)6-7-15-12-16(20)8-9-18(15)25-13-19(21)22/h3-5,8-9,11-12H,2,10,13,20H2,1H3,(H,21,22). The fourth-order valence-corrected chi connectivity index (χ4v) is 3.57. The van der Waals surface area contributed by atoms with Crippen molar-refractivity contribution < 1.29 is 23.1 Å². The zero-order valence-electron chi connectivity index (χ0n) is 14.2. The molecule has 7 heteroatoms. The number of carboxylic acids is 1. The monoisotopic (exact) mass is 373 g/mol. The van der Waals surface area contributed by atoms with Crippen LogP contribution in [0.25, 0.3) is 0 Å². The van der Waals surface area contributed by atoms with Gasteiger partial charge in [-0.05, 0) is 42.8 Å². The first kappa shape index (κ1) is 19.3. The number of carbonyl (C=O) groups is 1. The number of ether oxygens (including phenoxy) is 1. The van der Waals surface area contributed by atoms with Crippen LogP contribution in [0.15, 0.2) is 47.4 Å². The molecule has 2 rings (SSSR count). The summed E-state index contributed by atoms with van der Waals surface area (Å²) in [4.78, 5) is 10.9. The summed E-state index contributed by atoms with van der Waals surface area (Å²) in [6.45, 7) is 1.31. The summed E-state index contributed by atoms with van der Waals surface area (Å²) in [6, 6.07) is 11.1. The number of hydrogen-bond acceptors (Lipinski definition) is 5. The quantitative estimate of drug-likeness (QED) is 0.594. The van der Waals surface area contributed by atoms with Gasteiger partial charge in [-0.15, -0.1) is 0 Å². The Balaban J connectivity index is 2.35. The molecule has 0 fully saturated rings. The Morgan fingerprint density at radius 3 is 2.65 bits per heavy atom. The van der Waals surface area contributed by atoms with E-state index in [1.54, 1.807) is 37.3 Å². The van der Waals surface area contributed by atoms with Crippen LogP contribution >= 0.6 is 0 Å². The number of nitrogen functional groups attached to an aromatic ring is 1. The van der Waals surface area contributed by atoms with Gasteiger partial charge in [0.05, 0.1) is 16.2 Å². The van der Waals surface area contributed by atoms with Gasteiger partial charge < -0.3 is 15.6 Å². The average Bonchev–Trinajstić information content (AvgIpc) is 2.59. The predicted molar refractivity (Wildman–Crippen MR) is 98.8 cm³/mol. The maximum Gasteiger partial charge on any atom is 0.341 e. The van der Waals surface area contributed by atoms with Crippen molar-refractivity contribution in [1.29, 1.82) is 0 Å². The smallest absolute Gasteiger partial charge is 0.341 e. The van der Waals surface area contributed by atoms with Crippen molar-refractivity contribution in [3.8, 4) is 17.6 Å². The molecule has 0 aliphatic heterocycles. The number of hydrogen-bond donors (Lipinski definition) is 2. The molecule has 3 N–H and O–H groups in total. The summed E-state index contributed by atoms with van der Waals surface area (Å²) < 4.78 is 29.5. The minimum absolute atomic E-state index is 0.0757. The van der Waals surface area contributed by atoms with E-state index in [4.69, 9.17) is 15.6 Å². The molecule has 0 heterocycles. The Morgan fingerprint density at radius 1 is 1.19 bits per heavy atom. The van der Waals surface area contributed by atoms with E-state index < -0.39 is 22.4 Å². The van der Waals surface area contributed by atoms with Gasteiger partial charge in [0.2, 0.25) is 0 Å². The van der Waals surface area contributed by atoms with Crippen molar-refractivity contribution in [3.05, 3.63) is 53.6 Å². The summed E-state index contributed by atoms with van der Waals surface area (Å²) in [7, 11) is -3.33. The van der Waals surface area contributed by atoms with Gasteiger partial charge in [-0.25, -0.2) is 13.2 Å². The van der Waals surface area contributed by atoms with E-state index in [1.807, 2.05) is 0 Å². The molecule has 26 heavy (non-hydrogen) atoms. The van der Waals surface area contributed by atoms with Gasteiger partial charge in [0, 0.05) is 11.3 Å². The molecular formula is C19H19NO5S. The largest absolute Gasteiger partial charge is 0.481 e. The van der Waals surface area contributed by atoms with E-state index in [2.05, 4.69) is 11.8 Å². The van der Waals surface area contributed by atoms with Crippen LogP contribution in [0.5, 0.6) is 5.75 Å². The van der Waals surface area contributed by atoms with Crippen LogP contribution < -0.4 is 10.5 Å². The number of anilines is 1. The molecule has 0 radical (unpaired) electrons. The van der Waals surface area contributed by atoms with Crippen LogP contribution in [-0.4, -0.2) is 31.9 Å². The Labute approximate surface area is 152 Å². The van der Waals surface area contributed by atoms with E-state index in [0.717, 1.165) is 0 Å². The SMILES string of the molecule is CCCS(=O)(=O)c1cccc(C#Cc2cc(N)ccc2OCC(=O)O)c1. The maximum absolute atomic E-state index is 12.2. The molecule has 136 valence electrons. The van der Waals surface area contributed by atoms with Crippen LogP contribution in [0.4, 0.5) is 5.69 Å². The van der Waals surface area contributed by atoms with Gasteiger partial charge in [-0.3, -0.25) is 0 Å². The Hall–Kier alpha value is -2.98. The van der Waals surface area contributed by atoms with Gasteiger partial charge in [0.1, 0.15) is 5.75 Å². The summed E-state index contributed by atoms with van der Waals surface area (Å²) >= 11 is 0. The highest BCUT2D eigenvalue weighted by molar-refractivity contribution is 7.91. The fourth-order valence-electron chi connectivity index (χ4n) is 2.20. The first-order valence-corrected chi connectivity index (χ1v) is 9.56. The third kappa shape index (κ3) is 5.26. The van der Waals surface area contributed by atoms with Gasteiger partial charge >= 0.3 is 5.97 Å². The molecule has 0 spiro atoms. The molecule has 2 aromatic carbocycles. The highest BCUT2D eigenvalue weighted by atomic mass is 32.2. The lowest BCUT2D eigenvalue weighted by Crippen LogP contribution is -2.10. The summed E-state index contributed by atoms with van der Waals surface area (Å²) in [5.41, 5.74) is 7.15.